The van der Waals surface area contributed by atoms with E-state index in [1.165, 1.54) is 0 Å². The van der Waals surface area contributed by atoms with Crippen molar-refractivity contribution in [2.75, 3.05) is 18.5 Å². The largest absolute Gasteiger partial charge is 0.391 e. The molecule has 0 aromatic carbocycles. The summed E-state index contributed by atoms with van der Waals surface area (Å²) in [7, 11) is 0. The number of hydrogen-bond donors (Lipinski definition) is 2. The normalized spacial score (nSPS) is 16.0. The first-order valence-electron chi connectivity index (χ1n) is 9.79. The fraction of sp³-hybridized carbons (Fsp3) is 0.350. The lowest BCUT2D eigenvalue weighted by Crippen LogP contribution is -2.51. The second-order valence-corrected chi connectivity index (χ2v) is 8.60. The highest BCUT2D eigenvalue weighted by atomic mass is 32.1. The summed E-state index contributed by atoms with van der Waals surface area (Å²) in [6, 6.07) is 4.19. The van der Waals surface area contributed by atoms with Crippen molar-refractivity contribution in [2.24, 2.45) is 0 Å². The maximum Gasteiger partial charge on any atom is 0.228 e. The molecule has 4 aromatic rings. The molecule has 11 heteroatoms. The second kappa shape index (κ2) is 7.73. The van der Waals surface area contributed by atoms with Crippen molar-refractivity contribution >= 4 is 33.2 Å². The van der Waals surface area contributed by atoms with E-state index < -0.39 is 11.6 Å². The Morgan fingerprint density at radius 1 is 1.32 bits per heavy atom. The minimum Gasteiger partial charge on any atom is -0.391 e. The van der Waals surface area contributed by atoms with Crippen LogP contribution in [0, 0.1) is 11.3 Å². The molecule has 1 atom stereocenters. The van der Waals surface area contributed by atoms with Crippen molar-refractivity contribution in [2.45, 2.75) is 31.5 Å². The Bertz CT molecular complexity index is 1260. The summed E-state index contributed by atoms with van der Waals surface area (Å²) in [6.07, 6.45) is 7.02. The van der Waals surface area contributed by atoms with E-state index in [4.69, 9.17) is 9.72 Å². The molecule has 158 valence electrons. The molecule has 0 bridgehead atoms. The van der Waals surface area contributed by atoms with Gasteiger partial charge in [0.1, 0.15) is 5.54 Å². The molecule has 0 radical (unpaired) electrons. The molecule has 1 aliphatic rings. The van der Waals surface area contributed by atoms with Crippen molar-refractivity contribution in [3.63, 3.8) is 0 Å². The zero-order valence-electron chi connectivity index (χ0n) is 16.8. The Morgan fingerprint density at radius 2 is 2.19 bits per heavy atom. The van der Waals surface area contributed by atoms with E-state index in [0.29, 0.717) is 32.1 Å². The van der Waals surface area contributed by atoms with E-state index in [-0.39, 0.29) is 0 Å². The Hall–Kier alpha value is -3.33. The van der Waals surface area contributed by atoms with E-state index in [0.717, 1.165) is 27.2 Å². The predicted molar refractivity (Wildman–Crippen MR) is 115 cm³/mol. The molecule has 5 heterocycles. The summed E-state index contributed by atoms with van der Waals surface area (Å²) in [5, 5.41) is 32.7. The first-order chi connectivity index (χ1) is 15.1. The Balaban J connectivity index is 1.48. The van der Waals surface area contributed by atoms with Crippen molar-refractivity contribution in [3.8, 4) is 17.3 Å². The van der Waals surface area contributed by atoms with Gasteiger partial charge >= 0.3 is 0 Å². The molecule has 2 N–H and O–H groups in total. The van der Waals surface area contributed by atoms with Gasteiger partial charge in [0.2, 0.25) is 5.95 Å². The van der Waals surface area contributed by atoms with Crippen LogP contribution in [-0.4, -0.2) is 54.0 Å². The standard InChI is InChI=1S/C20H20N8O2S/c1-13(29)8-27-10-15(7-22-27)24-19-25-16-2-5-31-18(16)17(26-19)14-6-23-28(9-14)20(3-4-21)11-30-12-20/h2,5-7,9-10,13,29H,3,8,11-12H2,1H3,(H,24,25,26). The monoisotopic (exact) mass is 436 g/mol. The van der Waals surface area contributed by atoms with Gasteiger partial charge in [-0.1, -0.05) is 0 Å². The minimum absolute atomic E-state index is 0.343. The Labute approximate surface area is 181 Å². The number of aromatic nitrogens is 6. The maximum absolute atomic E-state index is 9.54. The van der Waals surface area contributed by atoms with Gasteiger partial charge < -0.3 is 15.2 Å². The fourth-order valence-electron chi connectivity index (χ4n) is 3.55. The Morgan fingerprint density at radius 3 is 2.94 bits per heavy atom. The van der Waals surface area contributed by atoms with Crippen LogP contribution in [0.25, 0.3) is 21.5 Å². The summed E-state index contributed by atoms with van der Waals surface area (Å²) >= 11 is 1.57. The van der Waals surface area contributed by atoms with Gasteiger partial charge in [-0.05, 0) is 18.4 Å². The number of nitrogens with one attached hydrogen (secondary N) is 1. The molecule has 1 saturated heterocycles. The third-order valence-corrected chi connectivity index (χ3v) is 6.05. The third-order valence-electron chi connectivity index (χ3n) is 5.14. The molecule has 10 nitrogen and oxygen atoms in total. The molecule has 0 aliphatic carbocycles. The van der Waals surface area contributed by atoms with Crippen molar-refractivity contribution in [3.05, 3.63) is 36.2 Å². The van der Waals surface area contributed by atoms with Crippen LogP contribution < -0.4 is 5.32 Å². The quantitative estimate of drug-likeness (QED) is 0.452. The van der Waals surface area contributed by atoms with Gasteiger partial charge in [-0.25, -0.2) is 9.97 Å². The maximum atomic E-state index is 9.54. The molecule has 0 saturated carbocycles. The second-order valence-electron chi connectivity index (χ2n) is 7.68. The highest BCUT2D eigenvalue weighted by Crippen LogP contribution is 2.34. The molecule has 0 spiro atoms. The number of fused-ring (bicyclic) bond motifs is 1. The topological polar surface area (TPSA) is 127 Å². The van der Waals surface area contributed by atoms with Gasteiger partial charge in [-0.3, -0.25) is 9.36 Å². The molecule has 1 aliphatic heterocycles. The van der Waals surface area contributed by atoms with Gasteiger partial charge in [0.05, 0.1) is 72.3 Å². The molecular weight excluding hydrogens is 416 g/mol. The number of hydrogen-bond acceptors (Lipinski definition) is 9. The number of anilines is 2. The summed E-state index contributed by atoms with van der Waals surface area (Å²) < 4.78 is 9.81. The van der Waals surface area contributed by atoms with Gasteiger partial charge in [-0.15, -0.1) is 11.3 Å². The van der Waals surface area contributed by atoms with E-state index in [1.807, 2.05) is 22.3 Å². The van der Waals surface area contributed by atoms with Crippen LogP contribution in [0.4, 0.5) is 11.6 Å². The SMILES string of the molecule is CC(O)Cn1cc(Nc2nc(-c3cnn(C4(CC#N)COC4)c3)c3sccc3n2)cn1. The number of aliphatic hydroxyl groups is 1. The number of thiophene rings is 1. The molecule has 0 amide bonds. The Kier molecular flexibility index (Phi) is 4.90. The lowest BCUT2D eigenvalue weighted by atomic mass is 9.94. The summed E-state index contributed by atoms with van der Waals surface area (Å²) in [5.74, 6) is 0.448. The van der Waals surface area contributed by atoms with Crippen LogP contribution in [0.3, 0.4) is 0 Å². The van der Waals surface area contributed by atoms with E-state index in [1.54, 1.807) is 41.5 Å². The van der Waals surface area contributed by atoms with Crippen LogP contribution in [0.5, 0.6) is 0 Å². The molecule has 4 aromatic heterocycles. The van der Waals surface area contributed by atoms with E-state index in [9.17, 15) is 10.4 Å². The third kappa shape index (κ3) is 3.65. The average Bonchev–Trinajstić information content (AvgIpc) is 3.44. The highest BCUT2D eigenvalue weighted by Gasteiger charge is 2.41. The van der Waals surface area contributed by atoms with Crippen LogP contribution in [0.15, 0.2) is 36.2 Å². The number of rotatable bonds is 7. The molecule has 31 heavy (non-hydrogen) atoms. The predicted octanol–water partition coefficient (Wildman–Crippen LogP) is 2.51. The fourth-order valence-corrected chi connectivity index (χ4v) is 4.39. The zero-order valence-corrected chi connectivity index (χ0v) is 17.6. The van der Waals surface area contributed by atoms with Crippen molar-refractivity contribution < 1.29 is 9.84 Å². The lowest BCUT2D eigenvalue weighted by molar-refractivity contribution is -0.104. The number of nitrogens with zero attached hydrogens (tertiary/aromatic N) is 7. The van der Waals surface area contributed by atoms with Crippen LogP contribution in [0.2, 0.25) is 0 Å². The smallest absolute Gasteiger partial charge is 0.228 e. The molecular formula is C20H20N8O2S. The lowest BCUT2D eigenvalue weighted by Gasteiger charge is -2.39. The van der Waals surface area contributed by atoms with Crippen molar-refractivity contribution in [1.82, 2.24) is 29.5 Å². The van der Waals surface area contributed by atoms with Gasteiger partial charge in [0.15, 0.2) is 0 Å². The first-order valence-corrected chi connectivity index (χ1v) is 10.7. The number of aliphatic hydroxyl groups excluding tert-OH is 1. The van der Waals surface area contributed by atoms with Gasteiger partial charge in [0, 0.05) is 18.0 Å². The van der Waals surface area contributed by atoms with Crippen LogP contribution in [-0.2, 0) is 16.8 Å². The first kappa shape index (κ1) is 19.6. The molecule has 1 unspecified atom stereocenters. The zero-order chi connectivity index (χ0) is 21.4. The minimum atomic E-state index is -0.486. The molecule has 1 fully saturated rings. The van der Waals surface area contributed by atoms with Crippen molar-refractivity contribution in [1.29, 1.82) is 5.26 Å². The van der Waals surface area contributed by atoms with Gasteiger partial charge in [0.25, 0.3) is 0 Å². The van der Waals surface area contributed by atoms with Gasteiger partial charge in [-0.2, -0.15) is 15.5 Å². The summed E-state index contributed by atoms with van der Waals surface area (Å²) in [4.78, 5) is 9.36. The average molecular weight is 437 g/mol. The summed E-state index contributed by atoms with van der Waals surface area (Å²) in [6.45, 7) is 3.07. The number of ether oxygens (including phenoxy) is 1. The molecule has 5 rings (SSSR count). The number of nitriles is 1. The highest BCUT2D eigenvalue weighted by molar-refractivity contribution is 7.17. The van der Waals surface area contributed by atoms with Crippen LogP contribution in [0.1, 0.15) is 13.3 Å². The van der Waals surface area contributed by atoms with E-state index >= 15 is 0 Å². The summed E-state index contributed by atoms with van der Waals surface area (Å²) in [5.41, 5.74) is 2.79. The van der Waals surface area contributed by atoms with Crippen LogP contribution >= 0.6 is 11.3 Å². The van der Waals surface area contributed by atoms with E-state index in [2.05, 4.69) is 26.6 Å².